The minimum Gasteiger partial charge on any atom is -0.487 e. The quantitative estimate of drug-likeness (QED) is 0.533. The van der Waals surface area contributed by atoms with Crippen molar-refractivity contribution in [3.63, 3.8) is 0 Å². The lowest BCUT2D eigenvalue weighted by Crippen LogP contribution is -2.40. The van der Waals surface area contributed by atoms with Gasteiger partial charge < -0.3 is 10.1 Å². The number of aryl methyl sites for hydroxylation is 1. The molecule has 36 heavy (non-hydrogen) atoms. The molecule has 6 rings (SSSR count). The molecule has 186 valence electrons. The second-order valence-electron chi connectivity index (χ2n) is 10.2. The Bertz CT molecular complexity index is 1320. The molecule has 0 saturated carbocycles. The first-order valence-electron chi connectivity index (χ1n) is 12.9. The summed E-state index contributed by atoms with van der Waals surface area (Å²) in [4.78, 5) is 19.7. The first-order chi connectivity index (χ1) is 17.6. The highest BCUT2D eigenvalue weighted by molar-refractivity contribution is 6.30. The molecule has 0 unspecified atom stereocenters. The number of piperidine rings is 1. The predicted molar refractivity (Wildman–Crippen MR) is 143 cm³/mol. The van der Waals surface area contributed by atoms with E-state index < -0.39 is 0 Å². The van der Waals surface area contributed by atoms with Crippen LogP contribution in [0.1, 0.15) is 41.6 Å². The summed E-state index contributed by atoms with van der Waals surface area (Å²) < 4.78 is 7.49. The third kappa shape index (κ3) is 5.12. The third-order valence-electron chi connectivity index (χ3n) is 7.64. The van der Waals surface area contributed by atoms with Crippen LogP contribution in [0, 0.1) is 5.92 Å². The van der Waals surface area contributed by atoms with Crippen molar-refractivity contribution in [3.8, 4) is 5.75 Å². The Morgan fingerprint density at radius 3 is 2.89 bits per heavy atom. The highest BCUT2D eigenvalue weighted by Gasteiger charge is 2.34. The van der Waals surface area contributed by atoms with Crippen molar-refractivity contribution < 1.29 is 4.74 Å². The largest absolute Gasteiger partial charge is 0.487 e. The van der Waals surface area contributed by atoms with E-state index in [2.05, 4.69) is 39.5 Å². The van der Waals surface area contributed by atoms with E-state index in [1.807, 2.05) is 12.1 Å². The molecule has 0 amide bonds. The van der Waals surface area contributed by atoms with Gasteiger partial charge in [0, 0.05) is 49.8 Å². The maximum absolute atomic E-state index is 12.9. The van der Waals surface area contributed by atoms with Crippen LogP contribution in [0.25, 0.3) is 11.8 Å². The molecule has 6 nitrogen and oxygen atoms in total. The fourth-order valence-electron chi connectivity index (χ4n) is 5.78. The van der Waals surface area contributed by atoms with Crippen LogP contribution in [0.15, 0.2) is 59.7 Å². The molecule has 2 saturated heterocycles. The molecule has 2 fully saturated rings. The van der Waals surface area contributed by atoms with Gasteiger partial charge in [0.25, 0.3) is 5.56 Å². The van der Waals surface area contributed by atoms with Crippen molar-refractivity contribution in [1.29, 1.82) is 0 Å². The van der Waals surface area contributed by atoms with E-state index in [0.717, 1.165) is 43.2 Å². The molecular weight excluding hydrogens is 472 g/mol. The van der Waals surface area contributed by atoms with Crippen LogP contribution in [-0.2, 0) is 19.6 Å². The molecule has 0 bridgehead atoms. The summed E-state index contributed by atoms with van der Waals surface area (Å²) in [6.07, 6.45) is 9.98. The first kappa shape index (κ1) is 23.5. The molecule has 1 aromatic carbocycles. The second-order valence-corrected chi connectivity index (χ2v) is 10.6. The van der Waals surface area contributed by atoms with Gasteiger partial charge in [-0.15, -0.1) is 0 Å². The Morgan fingerprint density at radius 1 is 1.11 bits per heavy atom. The van der Waals surface area contributed by atoms with Gasteiger partial charge in [0.15, 0.2) is 0 Å². The van der Waals surface area contributed by atoms with E-state index in [9.17, 15) is 4.79 Å². The standard InChI is InChI=1S/C29H31ClN4O2/c30-24-6-7-25(32-15-24)19-36-27-9-11-34(29(35)14-27)26-8-5-21-12-20(3-4-22(21)13-26)16-33-17-23-2-1-10-31-28(23)18-33/h3-4,6-7,9,11-15,23,28,31H,1-2,5,8,10,16-19H2/t23-,28+/m0/s1. The van der Waals surface area contributed by atoms with Gasteiger partial charge in [-0.3, -0.25) is 19.2 Å². The fraction of sp³-hybridized carbons (Fsp3) is 0.379. The fourth-order valence-corrected chi connectivity index (χ4v) is 5.89. The topological polar surface area (TPSA) is 59.4 Å². The van der Waals surface area contributed by atoms with Crippen molar-refractivity contribution in [1.82, 2.24) is 19.8 Å². The molecule has 2 aliphatic heterocycles. The van der Waals surface area contributed by atoms with Crippen molar-refractivity contribution in [3.05, 3.63) is 92.6 Å². The zero-order valence-corrected chi connectivity index (χ0v) is 21.1. The summed E-state index contributed by atoms with van der Waals surface area (Å²) in [5.41, 5.74) is 5.65. The second kappa shape index (κ2) is 10.2. The number of pyridine rings is 2. The zero-order chi connectivity index (χ0) is 24.5. The maximum Gasteiger partial charge on any atom is 0.258 e. The van der Waals surface area contributed by atoms with Gasteiger partial charge in [0.2, 0.25) is 0 Å². The van der Waals surface area contributed by atoms with Crippen LogP contribution in [-0.4, -0.2) is 40.1 Å². The Balaban J connectivity index is 1.12. The number of hydrogen-bond donors (Lipinski definition) is 1. The van der Waals surface area contributed by atoms with E-state index in [0.29, 0.717) is 16.8 Å². The maximum atomic E-state index is 12.9. The summed E-state index contributed by atoms with van der Waals surface area (Å²) in [5, 5.41) is 4.28. The average Bonchev–Trinajstić information content (AvgIpc) is 3.30. The van der Waals surface area contributed by atoms with Gasteiger partial charge in [-0.05, 0) is 79.1 Å². The molecular formula is C29H31ClN4O2. The predicted octanol–water partition coefficient (Wildman–Crippen LogP) is 4.60. The van der Waals surface area contributed by atoms with Crippen LogP contribution >= 0.6 is 11.6 Å². The zero-order valence-electron chi connectivity index (χ0n) is 20.3. The summed E-state index contributed by atoms with van der Waals surface area (Å²) in [6, 6.07) is 14.5. The molecule has 0 spiro atoms. The molecule has 3 aromatic rings. The van der Waals surface area contributed by atoms with Crippen LogP contribution < -0.4 is 15.6 Å². The molecule has 2 aromatic heterocycles. The van der Waals surface area contributed by atoms with Crippen LogP contribution in [0.5, 0.6) is 5.75 Å². The van der Waals surface area contributed by atoms with Crippen LogP contribution in [0.2, 0.25) is 5.02 Å². The number of hydrogen-bond acceptors (Lipinski definition) is 5. The van der Waals surface area contributed by atoms with E-state index in [1.165, 1.54) is 48.7 Å². The van der Waals surface area contributed by atoms with E-state index in [1.54, 1.807) is 23.0 Å². The van der Waals surface area contributed by atoms with E-state index in [4.69, 9.17) is 16.3 Å². The molecule has 4 heterocycles. The minimum absolute atomic E-state index is 0.0907. The highest BCUT2D eigenvalue weighted by atomic mass is 35.5. The SMILES string of the molecule is O=c1cc(OCc2ccc(Cl)cn2)ccn1C1=Cc2ccc(CN3C[C@@H]4CCCN[C@@H]4C3)cc2CC1. The number of rotatable bonds is 6. The number of benzene rings is 1. The van der Waals surface area contributed by atoms with Crippen molar-refractivity contribution in [2.24, 2.45) is 5.92 Å². The molecule has 0 radical (unpaired) electrons. The lowest BCUT2D eigenvalue weighted by molar-refractivity contribution is 0.300. The van der Waals surface area contributed by atoms with Gasteiger partial charge in [-0.1, -0.05) is 29.8 Å². The molecule has 3 aliphatic rings. The van der Waals surface area contributed by atoms with Crippen molar-refractivity contribution in [2.45, 2.75) is 44.9 Å². The number of fused-ring (bicyclic) bond motifs is 2. The highest BCUT2D eigenvalue weighted by Crippen LogP contribution is 2.29. The monoisotopic (exact) mass is 502 g/mol. The van der Waals surface area contributed by atoms with Crippen LogP contribution in [0.4, 0.5) is 0 Å². The number of likely N-dealkylation sites (tertiary alicyclic amines) is 1. The van der Waals surface area contributed by atoms with Gasteiger partial charge in [-0.2, -0.15) is 0 Å². The lowest BCUT2D eigenvalue weighted by atomic mass is 9.93. The number of aromatic nitrogens is 2. The summed E-state index contributed by atoms with van der Waals surface area (Å²) in [6.45, 7) is 4.84. The van der Waals surface area contributed by atoms with Crippen molar-refractivity contribution >= 4 is 23.4 Å². The number of nitrogens with zero attached hydrogens (tertiary/aromatic N) is 3. The Morgan fingerprint density at radius 2 is 2.06 bits per heavy atom. The van der Waals surface area contributed by atoms with Crippen molar-refractivity contribution in [2.75, 3.05) is 19.6 Å². The average molecular weight is 503 g/mol. The van der Waals surface area contributed by atoms with E-state index in [-0.39, 0.29) is 12.2 Å². The molecule has 1 N–H and O–H groups in total. The summed E-state index contributed by atoms with van der Waals surface area (Å²) in [5.74, 6) is 1.34. The minimum atomic E-state index is -0.0907. The third-order valence-corrected chi connectivity index (χ3v) is 7.86. The van der Waals surface area contributed by atoms with Gasteiger partial charge in [-0.25, -0.2) is 0 Å². The molecule has 2 atom stereocenters. The normalized spacial score (nSPS) is 21.5. The lowest BCUT2D eigenvalue weighted by Gasteiger charge is -2.24. The van der Waals surface area contributed by atoms with Crippen LogP contribution in [0.3, 0.4) is 0 Å². The Hall–Kier alpha value is -2.93. The van der Waals surface area contributed by atoms with Gasteiger partial charge in [0.05, 0.1) is 10.7 Å². The molecule has 1 aliphatic carbocycles. The number of halogens is 1. The summed E-state index contributed by atoms with van der Waals surface area (Å²) >= 11 is 5.88. The molecule has 7 heteroatoms. The smallest absolute Gasteiger partial charge is 0.258 e. The first-order valence-corrected chi connectivity index (χ1v) is 13.2. The number of nitrogens with one attached hydrogen (secondary N) is 1. The van der Waals surface area contributed by atoms with Gasteiger partial charge >= 0.3 is 0 Å². The number of ether oxygens (including phenoxy) is 1. The Labute approximate surface area is 216 Å². The Kier molecular flexibility index (Phi) is 6.65. The van der Waals surface area contributed by atoms with E-state index >= 15 is 0 Å². The summed E-state index contributed by atoms with van der Waals surface area (Å²) in [7, 11) is 0. The van der Waals surface area contributed by atoms with Gasteiger partial charge in [0.1, 0.15) is 12.4 Å². The number of allylic oxidation sites excluding steroid dienone is 1.